The van der Waals surface area contributed by atoms with Gasteiger partial charge < -0.3 is 4.55 Å². The Hall–Kier alpha value is -0.510. The molecule has 0 spiro atoms. The maximum absolute atomic E-state index is 9.22. The van der Waals surface area contributed by atoms with Gasteiger partial charge in [-0.25, -0.2) is 17.6 Å². The zero-order valence-corrected chi connectivity index (χ0v) is 14.9. The zero-order chi connectivity index (χ0) is 16.4. The van der Waals surface area contributed by atoms with Crippen LogP contribution in [0.2, 0.25) is 10.0 Å². The maximum Gasteiger partial charge on any atom is 0.318 e. The highest BCUT2D eigenvalue weighted by Crippen LogP contribution is 2.28. The molecule has 0 aliphatic heterocycles. The van der Waals surface area contributed by atoms with Gasteiger partial charge in [0.05, 0.1) is 31.3 Å². The summed E-state index contributed by atoms with van der Waals surface area (Å²) >= 11 is 13.7. The normalized spacial score (nSPS) is 11.4. The fourth-order valence-electron chi connectivity index (χ4n) is 1.77. The van der Waals surface area contributed by atoms with Gasteiger partial charge >= 0.3 is 5.16 Å². The summed E-state index contributed by atoms with van der Waals surface area (Å²) in [6, 6.07) is 3.80. The van der Waals surface area contributed by atoms with E-state index in [9.17, 15) is 13.0 Å². The molecule has 6 nitrogen and oxygen atoms in total. The third-order valence-corrected chi connectivity index (χ3v) is 4.74. The molecule has 2 aromatic rings. The Bertz CT molecular complexity index is 714. The number of fused-ring (bicyclic) bond motifs is 1. The average Bonchev–Trinajstić information content (AvgIpc) is 2.62. The number of thioether (sulfide) groups is 1. The lowest BCUT2D eigenvalue weighted by molar-refractivity contribution is -0.685. The molecule has 1 aromatic carbocycles. The minimum Gasteiger partial charge on any atom is -0.726 e. The second-order valence-electron chi connectivity index (χ2n) is 3.93. The van der Waals surface area contributed by atoms with Crippen molar-refractivity contribution in [1.29, 1.82) is 0 Å². The van der Waals surface area contributed by atoms with Crippen LogP contribution >= 0.6 is 35.0 Å². The highest BCUT2D eigenvalue weighted by atomic mass is 35.5. The molecule has 118 valence electrons. The summed E-state index contributed by atoms with van der Waals surface area (Å²) in [5.41, 5.74) is 2.19. The van der Waals surface area contributed by atoms with E-state index in [-0.39, 0.29) is 0 Å². The van der Waals surface area contributed by atoms with Crippen LogP contribution in [0.5, 0.6) is 0 Å². The van der Waals surface area contributed by atoms with Gasteiger partial charge in [0.2, 0.25) is 10.4 Å². The highest BCUT2D eigenvalue weighted by molar-refractivity contribution is 7.98. The number of hydrogen-bond acceptors (Lipinski definition) is 5. The van der Waals surface area contributed by atoms with Crippen molar-refractivity contribution >= 4 is 56.4 Å². The number of rotatable bonds is 2. The van der Waals surface area contributed by atoms with E-state index >= 15 is 0 Å². The van der Waals surface area contributed by atoms with E-state index in [0.717, 1.165) is 18.1 Å². The van der Waals surface area contributed by atoms with Crippen molar-refractivity contribution in [1.82, 2.24) is 4.57 Å². The number of imidazole rings is 1. The highest BCUT2D eigenvalue weighted by Gasteiger charge is 2.20. The first kappa shape index (κ1) is 18.5. The van der Waals surface area contributed by atoms with E-state index < -0.39 is 10.4 Å². The fraction of sp³-hybridized carbons (Fsp3) is 0.364. The molecule has 10 heteroatoms. The van der Waals surface area contributed by atoms with Gasteiger partial charge in [-0.3, -0.25) is 4.18 Å². The van der Waals surface area contributed by atoms with Gasteiger partial charge in [-0.15, -0.1) is 0 Å². The van der Waals surface area contributed by atoms with Gasteiger partial charge in [-0.05, 0) is 18.0 Å². The van der Waals surface area contributed by atoms with Crippen LogP contribution in [0.1, 0.15) is 0 Å². The van der Waals surface area contributed by atoms with Crippen LogP contribution in [0.4, 0.5) is 0 Å². The van der Waals surface area contributed by atoms with E-state index in [1.807, 2.05) is 26.2 Å². The lowest BCUT2D eigenvalue weighted by Crippen LogP contribution is -2.29. The second kappa shape index (κ2) is 7.17. The van der Waals surface area contributed by atoms with E-state index in [4.69, 9.17) is 23.2 Å². The van der Waals surface area contributed by atoms with Crippen molar-refractivity contribution in [2.75, 3.05) is 13.4 Å². The molecule has 0 bridgehead atoms. The predicted molar refractivity (Wildman–Crippen MR) is 82.6 cm³/mol. The standard InChI is InChI=1S/C10H11Cl2N2S.CH4O4S/c1-13-8-4-6(11)7(12)5-9(8)14(2)10(13)15-3;1-5-6(2,3)4/h4-5H,1-3H3;1H3,(H,2,3,4)/q+1;/p-1. The zero-order valence-electron chi connectivity index (χ0n) is 11.8. The summed E-state index contributed by atoms with van der Waals surface area (Å²) in [7, 11) is 0.448. The van der Waals surface area contributed by atoms with Crippen LogP contribution in [0, 0.1) is 0 Å². The SMILES string of the molecule is COS(=O)(=O)[O-].CSc1n(C)c2cc(Cl)c(Cl)cc2[n+]1C. The topological polar surface area (TPSA) is 75.2 Å². The fourth-order valence-corrected chi connectivity index (χ4v) is 2.83. The summed E-state index contributed by atoms with van der Waals surface area (Å²) in [5, 5.41) is 2.36. The summed E-state index contributed by atoms with van der Waals surface area (Å²) in [5.74, 6) is 0. The molecule has 1 heterocycles. The molecule has 0 saturated carbocycles. The molecule has 21 heavy (non-hydrogen) atoms. The Morgan fingerprint density at radius 1 is 1.33 bits per heavy atom. The third-order valence-electron chi connectivity index (χ3n) is 2.70. The lowest BCUT2D eigenvalue weighted by atomic mass is 10.3. The molecule has 2 rings (SSSR count). The largest absolute Gasteiger partial charge is 0.726 e. The van der Waals surface area contributed by atoms with Crippen LogP contribution in [0.3, 0.4) is 0 Å². The molecule has 0 aliphatic rings. The van der Waals surface area contributed by atoms with Gasteiger partial charge in [-0.2, -0.15) is 0 Å². The second-order valence-corrected chi connectivity index (χ2v) is 6.67. The molecule has 0 fully saturated rings. The van der Waals surface area contributed by atoms with Gasteiger partial charge in [0, 0.05) is 12.1 Å². The van der Waals surface area contributed by atoms with E-state index in [1.54, 1.807) is 11.8 Å². The smallest absolute Gasteiger partial charge is 0.318 e. The van der Waals surface area contributed by atoms with Crippen molar-refractivity contribution in [2.45, 2.75) is 5.16 Å². The molecular weight excluding hydrogens is 359 g/mol. The first-order valence-electron chi connectivity index (χ1n) is 5.51. The van der Waals surface area contributed by atoms with Crippen LogP contribution in [0.25, 0.3) is 11.0 Å². The summed E-state index contributed by atoms with van der Waals surface area (Å²) in [6.07, 6.45) is 2.05. The van der Waals surface area contributed by atoms with Crippen LogP contribution in [-0.4, -0.2) is 30.9 Å². The molecule has 0 unspecified atom stereocenters. The Morgan fingerprint density at radius 2 is 1.81 bits per heavy atom. The first-order chi connectivity index (χ1) is 9.62. The molecule has 0 atom stereocenters. The van der Waals surface area contributed by atoms with Crippen molar-refractivity contribution in [2.24, 2.45) is 14.1 Å². The Labute approximate surface area is 137 Å². The van der Waals surface area contributed by atoms with Gasteiger partial charge in [0.15, 0.2) is 11.0 Å². The molecule has 1 aromatic heterocycles. The van der Waals surface area contributed by atoms with Crippen LogP contribution < -0.4 is 4.57 Å². The minimum absolute atomic E-state index is 0.595. The Balaban J connectivity index is 0.000000315. The Kier molecular flexibility index (Phi) is 6.33. The van der Waals surface area contributed by atoms with Gasteiger partial charge in [-0.1, -0.05) is 23.2 Å². The van der Waals surface area contributed by atoms with Crippen molar-refractivity contribution in [3.05, 3.63) is 22.2 Å². The summed E-state index contributed by atoms with van der Waals surface area (Å²) in [6.45, 7) is 0. The molecule has 0 saturated heterocycles. The van der Waals surface area contributed by atoms with Crippen LogP contribution in [0.15, 0.2) is 17.3 Å². The van der Waals surface area contributed by atoms with Crippen LogP contribution in [-0.2, 0) is 28.7 Å². The molecular formula is C11H14Cl2N2O4S2. The number of aryl methyl sites for hydroxylation is 2. The lowest BCUT2D eigenvalue weighted by Gasteiger charge is -1.98. The molecule has 0 aliphatic carbocycles. The van der Waals surface area contributed by atoms with Gasteiger partial charge in [0.1, 0.15) is 0 Å². The number of halogens is 2. The van der Waals surface area contributed by atoms with E-state index in [1.165, 1.54) is 5.16 Å². The van der Waals surface area contributed by atoms with Crippen molar-refractivity contribution in [3.8, 4) is 0 Å². The summed E-state index contributed by atoms with van der Waals surface area (Å²) in [4.78, 5) is 0. The first-order valence-corrected chi connectivity index (χ1v) is 8.82. The Morgan fingerprint density at radius 3 is 2.24 bits per heavy atom. The summed E-state index contributed by atoms with van der Waals surface area (Å²) < 4.78 is 35.2. The quantitative estimate of drug-likeness (QED) is 0.349. The number of aromatic nitrogens is 2. The van der Waals surface area contributed by atoms with Crippen molar-refractivity contribution < 1.29 is 21.7 Å². The number of benzene rings is 1. The maximum atomic E-state index is 9.22. The van der Waals surface area contributed by atoms with E-state index in [0.29, 0.717) is 10.0 Å². The molecule has 0 radical (unpaired) electrons. The third kappa shape index (κ3) is 4.48. The van der Waals surface area contributed by atoms with Crippen molar-refractivity contribution in [3.63, 3.8) is 0 Å². The predicted octanol–water partition coefficient (Wildman–Crippen LogP) is 2.12. The molecule has 0 N–H and O–H groups in total. The molecule has 0 amide bonds. The number of nitrogens with zero attached hydrogens (tertiary/aromatic N) is 2. The number of hydrogen-bond donors (Lipinski definition) is 0. The minimum atomic E-state index is -4.41. The van der Waals surface area contributed by atoms with E-state index in [2.05, 4.69) is 19.6 Å². The average molecular weight is 373 g/mol. The van der Waals surface area contributed by atoms with Gasteiger partial charge in [0.25, 0.3) is 0 Å². The monoisotopic (exact) mass is 372 g/mol.